The number of nitrogens with one attached hydrogen (secondary N) is 1. The number of amides is 1. The van der Waals surface area contributed by atoms with E-state index >= 15 is 0 Å². The number of hydroxylamine groups is 1. The minimum Gasteiger partial charge on any atom is -0.277 e. The van der Waals surface area contributed by atoms with Gasteiger partial charge in [-0.3, -0.25) is 9.63 Å². The fourth-order valence-corrected chi connectivity index (χ4v) is 1.20. The molecule has 0 aliphatic rings. The molecule has 1 atom stereocenters. The molecule has 0 radical (unpaired) electrons. The van der Waals surface area contributed by atoms with Crippen LogP contribution in [0.3, 0.4) is 0 Å². The van der Waals surface area contributed by atoms with Crippen LogP contribution in [0, 0.1) is 6.92 Å². The zero-order chi connectivity index (χ0) is 10.6. The van der Waals surface area contributed by atoms with Gasteiger partial charge in [0.1, 0.15) is 0 Å². The number of hydrogen-bond donors (Lipinski definition) is 1. The molecule has 3 nitrogen and oxygen atoms in total. The topological polar surface area (TPSA) is 38.3 Å². The van der Waals surface area contributed by atoms with E-state index < -0.39 is 0 Å². The summed E-state index contributed by atoms with van der Waals surface area (Å²) in [4.78, 5) is 16.0. The number of rotatable bonds is 3. The minimum absolute atomic E-state index is 0.128. The van der Waals surface area contributed by atoms with Gasteiger partial charge < -0.3 is 0 Å². The highest BCUT2D eigenvalue weighted by Gasteiger charge is 2.14. The average Bonchev–Trinajstić information content (AvgIpc) is 2.18. The molecule has 1 aromatic carbocycles. The molecule has 1 rings (SSSR count). The summed E-state index contributed by atoms with van der Waals surface area (Å²) in [6, 6.07) is 7.89. The Morgan fingerprint density at radius 3 is 2.43 bits per heavy atom. The Kier molecular flexibility index (Phi) is 3.65. The number of aryl methyl sites for hydroxylation is 1. The number of carbonyl (C=O) groups excluding carboxylic acids is 1. The smallest absolute Gasteiger partial charge is 0.250 e. The van der Waals surface area contributed by atoms with Crippen molar-refractivity contribution in [1.29, 1.82) is 0 Å². The molecule has 1 N–H and O–H groups in total. The van der Waals surface area contributed by atoms with Crippen molar-refractivity contribution in [2.45, 2.75) is 19.8 Å². The van der Waals surface area contributed by atoms with E-state index in [9.17, 15) is 4.79 Å². The summed E-state index contributed by atoms with van der Waals surface area (Å²) in [5, 5.41) is 0. The van der Waals surface area contributed by atoms with Crippen LogP contribution < -0.4 is 5.48 Å². The fourth-order valence-electron chi connectivity index (χ4n) is 1.20. The first-order valence-electron chi connectivity index (χ1n) is 4.54. The van der Waals surface area contributed by atoms with E-state index in [1.54, 1.807) is 0 Å². The molecule has 1 aromatic rings. The molecule has 0 aliphatic carbocycles. The zero-order valence-corrected chi connectivity index (χ0v) is 8.70. The largest absolute Gasteiger partial charge is 0.277 e. The Balaban J connectivity index is 2.73. The fraction of sp³-hybridized carbons (Fsp3) is 0.364. The molecule has 0 heterocycles. The lowest BCUT2D eigenvalue weighted by molar-refractivity contribution is -0.132. The van der Waals surface area contributed by atoms with Crippen LogP contribution >= 0.6 is 0 Å². The summed E-state index contributed by atoms with van der Waals surface area (Å²) >= 11 is 0. The number of hydrogen-bond acceptors (Lipinski definition) is 2. The zero-order valence-electron chi connectivity index (χ0n) is 8.70. The second-order valence-corrected chi connectivity index (χ2v) is 3.30. The lowest BCUT2D eigenvalue weighted by Crippen LogP contribution is -2.26. The average molecular weight is 193 g/mol. The molecule has 0 saturated carbocycles. The highest BCUT2D eigenvalue weighted by Crippen LogP contribution is 2.15. The quantitative estimate of drug-likeness (QED) is 0.743. The van der Waals surface area contributed by atoms with Crippen molar-refractivity contribution in [3.63, 3.8) is 0 Å². The highest BCUT2D eigenvalue weighted by molar-refractivity contribution is 5.82. The van der Waals surface area contributed by atoms with E-state index in [-0.39, 0.29) is 11.8 Å². The Morgan fingerprint density at radius 1 is 1.36 bits per heavy atom. The normalized spacial score (nSPS) is 12.2. The Bertz CT molecular complexity index is 306. The van der Waals surface area contributed by atoms with E-state index in [2.05, 4.69) is 10.3 Å². The van der Waals surface area contributed by atoms with E-state index in [1.165, 1.54) is 12.7 Å². The molecule has 0 aromatic heterocycles. The van der Waals surface area contributed by atoms with Gasteiger partial charge in [0.2, 0.25) is 0 Å². The number of carbonyl (C=O) groups is 1. The molecule has 3 heteroatoms. The maximum atomic E-state index is 11.4. The van der Waals surface area contributed by atoms with Gasteiger partial charge >= 0.3 is 0 Å². The lowest BCUT2D eigenvalue weighted by Gasteiger charge is -2.10. The molecule has 0 bridgehead atoms. The van der Waals surface area contributed by atoms with Gasteiger partial charge in [-0.25, -0.2) is 5.48 Å². The van der Waals surface area contributed by atoms with Gasteiger partial charge in [-0.2, -0.15) is 0 Å². The van der Waals surface area contributed by atoms with Crippen LogP contribution in [-0.4, -0.2) is 13.0 Å². The first kappa shape index (κ1) is 10.7. The van der Waals surface area contributed by atoms with Gasteiger partial charge in [0.05, 0.1) is 13.0 Å². The van der Waals surface area contributed by atoms with Gasteiger partial charge in [0, 0.05) is 0 Å². The first-order chi connectivity index (χ1) is 6.65. The molecule has 0 fully saturated rings. The van der Waals surface area contributed by atoms with E-state index in [0.29, 0.717) is 0 Å². The van der Waals surface area contributed by atoms with Gasteiger partial charge in [-0.1, -0.05) is 29.8 Å². The van der Waals surface area contributed by atoms with Gasteiger partial charge in [0.15, 0.2) is 0 Å². The lowest BCUT2D eigenvalue weighted by atomic mass is 10.00. The van der Waals surface area contributed by atoms with Crippen molar-refractivity contribution in [1.82, 2.24) is 5.48 Å². The van der Waals surface area contributed by atoms with Crippen LogP contribution in [0.1, 0.15) is 24.0 Å². The van der Waals surface area contributed by atoms with E-state index in [1.807, 2.05) is 38.1 Å². The molecule has 1 amide bonds. The Labute approximate surface area is 84.0 Å². The molecule has 1 unspecified atom stereocenters. The third-order valence-electron chi connectivity index (χ3n) is 2.17. The van der Waals surface area contributed by atoms with Gasteiger partial charge in [-0.05, 0) is 19.4 Å². The third kappa shape index (κ3) is 2.57. The summed E-state index contributed by atoms with van der Waals surface area (Å²) < 4.78 is 0. The first-order valence-corrected chi connectivity index (χ1v) is 4.54. The second-order valence-electron chi connectivity index (χ2n) is 3.30. The van der Waals surface area contributed by atoms with Crippen molar-refractivity contribution in [3.05, 3.63) is 35.4 Å². The number of benzene rings is 1. The summed E-state index contributed by atoms with van der Waals surface area (Å²) in [5.41, 5.74) is 4.50. The standard InChI is InChI=1S/C11H15NO2/c1-8-4-6-10(7-5-8)9(2)11(13)12-14-3/h4-7,9H,1-3H3,(H,12,13). The van der Waals surface area contributed by atoms with Gasteiger partial charge in [0.25, 0.3) is 5.91 Å². The van der Waals surface area contributed by atoms with Crippen LogP contribution in [0.15, 0.2) is 24.3 Å². The summed E-state index contributed by atoms with van der Waals surface area (Å²) in [5.74, 6) is -0.313. The maximum Gasteiger partial charge on any atom is 0.250 e. The molecule has 76 valence electrons. The van der Waals surface area contributed by atoms with Crippen molar-refractivity contribution < 1.29 is 9.63 Å². The predicted molar refractivity (Wildman–Crippen MR) is 54.7 cm³/mol. The van der Waals surface area contributed by atoms with Crippen LogP contribution in [0.2, 0.25) is 0 Å². The van der Waals surface area contributed by atoms with Crippen molar-refractivity contribution in [3.8, 4) is 0 Å². The van der Waals surface area contributed by atoms with E-state index in [0.717, 1.165) is 5.56 Å². The van der Waals surface area contributed by atoms with Crippen LogP contribution in [0.5, 0.6) is 0 Å². The summed E-state index contributed by atoms with van der Waals surface area (Å²) in [6.45, 7) is 3.86. The van der Waals surface area contributed by atoms with Crippen molar-refractivity contribution in [2.75, 3.05) is 7.11 Å². The SMILES string of the molecule is CONC(=O)C(C)c1ccc(C)cc1. The molecular weight excluding hydrogens is 178 g/mol. The molecule has 0 saturated heterocycles. The Morgan fingerprint density at radius 2 is 1.93 bits per heavy atom. The summed E-state index contributed by atoms with van der Waals surface area (Å²) in [7, 11) is 1.43. The monoisotopic (exact) mass is 193 g/mol. The summed E-state index contributed by atoms with van der Waals surface area (Å²) in [6.07, 6.45) is 0. The van der Waals surface area contributed by atoms with E-state index in [4.69, 9.17) is 0 Å². The molecular formula is C11H15NO2. The van der Waals surface area contributed by atoms with Crippen molar-refractivity contribution >= 4 is 5.91 Å². The molecule has 14 heavy (non-hydrogen) atoms. The minimum atomic E-state index is -0.185. The van der Waals surface area contributed by atoms with Crippen LogP contribution in [0.4, 0.5) is 0 Å². The predicted octanol–water partition coefficient (Wildman–Crippen LogP) is 1.78. The maximum absolute atomic E-state index is 11.4. The Hall–Kier alpha value is -1.35. The van der Waals surface area contributed by atoms with Crippen LogP contribution in [0.25, 0.3) is 0 Å². The second kappa shape index (κ2) is 4.77. The molecule has 0 aliphatic heterocycles. The highest BCUT2D eigenvalue weighted by atomic mass is 16.6. The van der Waals surface area contributed by atoms with Crippen molar-refractivity contribution in [2.24, 2.45) is 0 Å². The molecule has 0 spiro atoms. The van der Waals surface area contributed by atoms with Crippen LogP contribution in [-0.2, 0) is 9.63 Å². The van der Waals surface area contributed by atoms with Gasteiger partial charge in [-0.15, -0.1) is 0 Å². The third-order valence-corrected chi connectivity index (χ3v) is 2.17.